The molecule has 0 aliphatic heterocycles. The lowest BCUT2D eigenvalue weighted by atomic mass is 10.1. The fourth-order valence-corrected chi connectivity index (χ4v) is 3.57. The van der Waals surface area contributed by atoms with E-state index in [1.807, 2.05) is 0 Å². The van der Waals surface area contributed by atoms with E-state index in [0.717, 1.165) is 18.2 Å². The molecule has 0 aromatic heterocycles. The monoisotopic (exact) mass is 384 g/mol. The minimum Gasteiger partial charge on any atom is -0.481 e. The van der Waals surface area contributed by atoms with E-state index in [2.05, 4.69) is 4.72 Å². The molecule has 0 heterocycles. The van der Waals surface area contributed by atoms with Crippen molar-refractivity contribution >= 4 is 33.3 Å². The number of carboxylic acid groups (broad SMARTS) is 1. The quantitative estimate of drug-likeness (QED) is 0.558. The highest BCUT2D eigenvalue weighted by molar-refractivity contribution is 7.89. The Morgan fingerprint density at radius 3 is 2.44 bits per heavy atom. The number of carboxylic acids is 1. The lowest BCUT2D eigenvalue weighted by Crippen LogP contribution is -2.30. The number of rotatable bonds is 7. The van der Waals surface area contributed by atoms with Crippen molar-refractivity contribution in [2.24, 2.45) is 0 Å². The Morgan fingerprint density at radius 1 is 1.24 bits per heavy atom. The minimum absolute atomic E-state index is 0.200. The van der Waals surface area contributed by atoms with E-state index < -0.39 is 39.1 Å². The zero-order chi connectivity index (χ0) is 18.6. The van der Waals surface area contributed by atoms with Gasteiger partial charge in [0.25, 0.3) is 5.69 Å². The summed E-state index contributed by atoms with van der Waals surface area (Å²) in [7, 11) is -4.20. The molecule has 0 aliphatic carbocycles. The number of sulfonamides is 1. The minimum atomic E-state index is -4.20. The van der Waals surface area contributed by atoms with Crippen molar-refractivity contribution in [1.29, 1.82) is 0 Å². The van der Waals surface area contributed by atoms with E-state index in [1.54, 1.807) is 30.3 Å². The number of halogens is 1. The third-order valence-electron chi connectivity index (χ3n) is 3.30. The Kier molecular flexibility index (Phi) is 5.73. The Hall–Kier alpha value is -2.49. The predicted octanol–water partition coefficient (Wildman–Crippen LogP) is 2.74. The first-order chi connectivity index (χ1) is 11.7. The molecule has 0 aliphatic rings. The summed E-state index contributed by atoms with van der Waals surface area (Å²) in [4.78, 5) is 20.8. The van der Waals surface area contributed by atoms with Crippen LogP contribution in [0.25, 0.3) is 0 Å². The van der Waals surface area contributed by atoms with Crippen molar-refractivity contribution in [1.82, 2.24) is 4.72 Å². The van der Waals surface area contributed by atoms with Crippen molar-refractivity contribution in [3.8, 4) is 0 Å². The number of hydrogen-bond donors (Lipinski definition) is 2. The van der Waals surface area contributed by atoms with Gasteiger partial charge >= 0.3 is 5.97 Å². The number of aliphatic carboxylic acids is 1. The van der Waals surface area contributed by atoms with Crippen molar-refractivity contribution in [2.45, 2.75) is 17.4 Å². The summed E-state index contributed by atoms with van der Waals surface area (Å²) in [5, 5.41) is 19.7. The summed E-state index contributed by atoms with van der Waals surface area (Å²) in [6.45, 7) is 0. The standard InChI is InChI=1S/C15H13ClN2O6S/c16-12-7-6-11(8-14(12)18(21)22)25(23,24)17-13(9-15(19)20)10-4-2-1-3-5-10/h1-8,13,17H,9H2,(H,19,20)/t13-/m0/s1. The molecule has 25 heavy (non-hydrogen) atoms. The van der Waals surface area contributed by atoms with E-state index in [4.69, 9.17) is 16.7 Å². The molecule has 2 N–H and O–H groups in total. The zero-order valence-corrected chi connectivity index (χ0v) is 14.2. The van der Waals surface area contributed by atoms with Crippen molar-refractivity contribution in [3.63, 3.8) is 0 Å². The predicted molar refractivity (Wildman–Crippen MR) is 89.9 cm³/mol. The van der Waals surface area contributed by atoms with Crippen LogP contribution >= 0.6 is 11.6 Å². The third kappa shape index (κ3) is 4.75. The smallest absolute Gasteiger partial charge is 0.305 e. The number of nitrogens with one attached hydrogen (secondary N) is 1. The molecule has 0 fully saturated rings. The van der Waals surface area contributed by atoms with Crippen LogP contribution in [0.1, 0.15) is 18.0 Å². The van der Waals surface area contributed by atoms with E-state index in [0.29, 0.717) is 5.56 Å². The van der Waals surface area contributed by atoms with Gasteiger partial charge in [0.15, 0.2) is 0 Å². The molecule has 0 spiro atoms. The van der Waals surface area contributed by atoms with E-state index >= 15 is 0 Å². The molecule has 1 atom stereocenters. The van der Waals surface area contributed by atoms with Crippen LogP contribution in [0, 0.1) is 10.1 Å². The van der Waals surface area contributed by atoms with Crippen LogP contribution < -0.4 is 4.72 Å². The Labute approximate surface area is 148 Å². The number of hydrogen-bond acceptors (Lipinski definition) is 5. The molecule has 2 rings (SSSR count). The molecule has 0 radical (unpaired) electrons. The number of carbonyl (C=O) groups is 1. The maximum Gasteiger partial charge on any atom is 0.305 e. The van der Waals surface area contributed by atoms with Gasteiger partial charge in [0.1, 0.15) is 5.02 Å². The average Bonchev–Trinajstić information content (AvgIpc) is 2.54. The Morgan fingerprint density at radius 2 is 1.88 bits per heavy atom. The molecule has 10 heteroatoms. The van der Waals surface area contributed by atoms with Crippen LogP contribution in [0.2, 0.25) is 5.02 Å². The number of benzene rings is 2. The number of nitrogens with zero attached hydrogens (tertiary/aromatic N) is 1. The first-order valence-corrected chi connectivity index (χ1v) is 8.80. The summed E-state index contributed by atoms with van der Waals surface area (Å²) in [5.74, 6) is -1.20. The van der Waals surface area contributed by atoms with Crippen LogP contribution in [0.5, 0.6) is 0 Å². The van der Waals surface area contributed by atoms with E-state index in [9.17, 15) is 23.3 Å². The second-order valence-corrected chi connectivity index (χ2v) is 7.17. The van der Waals surface area contributed by atoms with Crippen LogP contribution in [0.4, 0.5) is 5.69 Å². The lowest BCUT2D eigenvalue weighted by Gasteiger charge is -2.17. The molecule has 0 unspecified atom stereocenters. The molecule has 132 valence electrons. The van der Waals surface area contributed by atoms with Crippen LogP contribution in [0.15, 0.2) is 53.4 Å². The molecule has 0 amide bonds. The average molecular weight is 385 g/mol. The molecule has 0 saturated carbocycles. The van der Waals surface area contributed by atoms with E-state index in [-0.39, 0.29) is 9.92 Å². The number of nitro benzene ring substituents is 1. The second kappa shape index (κ2) is 7.60. The second-order valence-electron chi connectivity index (χ2n) is 5.05. The molecule has 2 aromatic carbocycles. The van der Waals surface area contributed by atoms with Gasteiger partial charge in [0.05, 0.1) is 22.3 Å². The van der Waals surface area contributed by atoms with Crippen LogP contribution in [-0.4, -0.2) is 24.4 Å². The number of nitro groups is 1. The lowest BCUT2D eigenvalue weighted by molar-refractivity contribution is -0.384. The first kappa shape index (κ1) is 18.8. The normalized spacial score (nSPS) is 12.5. The van der Waals surface area contributed by atoms with Gasteiger partial charge in [-0.25, -0.2) is 13.1 Å². The Balaban J connectivity index is 2.39. The topological polar surface area (TPSA) is 127 Å². The fourth-order valence-electron chi connectivity index (χ4n) is 2.14. The van der Waals surface area contributed by atoms with Gasteiger partial charge in [-0.1, -0.05) is 41.9 Å². The summed E-state index contributed by atoms with van der Waals surface area (Å²) >= 11 is 5.68. The molecular weight excluding hydrogens is 372 g/mol. The maximum atomic E-state index is 12.5. The highest BCUT2D eigenvalue weighted by Gasteiger charge is 2.26. The summed E-state index contributed by atoms with van der Waals surface area (Å²) in [6.07, 6.45) is -0.487. The summed E-state index contributed by atoms with van der Waals surface area (Å²) < 4.78 is 27.3. The molecular formula is C15H13ClN2O6S. The van der Waals surface area contributed by atoms with Crippen LogP contribution in [0.3, 0.4) is 0 Å². The Bertz CT molecular complexity index is 901. The van der Waals surface area contributed by atoms with Crippen molar-refractivity contribution in [2.75, 3.05) is 0 Å². The van der Waals surface area contributed by atoms with Crippen molar-refractivity contribution < 1.29 is 23.2 Å². The van der Waals surface area contributed by atoms with Gasteiger partial charge in [0.2, 0.25) is 10.0 Å². The summed E-state index contributed by atoms with van der Waals surface area (Å²) in [6, 6.07) is 10.2. The van der Waals surface area contributed by atoms with Gasteiger partial charge < -0.3 is 5.11 Å². The molecule has 0 saturated heterocycles. The maximum absolute atomic E-state index is 12.5. The van der Waals surface area contributed by atoms with Gasteiger partial charge in [-0.3, -0.25) is 14.9 Å². The van der Waals surface area contributed by atoms with Crippen molar-refractivity contribution in [3.05, 3.63) is 69.2 Å². The van der Waals surface area contributed by atoms with Gasteiger partial charge in [-0.15, -0.1) is 0 Å². The fraction of sp³-hybridized carbons (Fsp3) is 0.133. The third-order valence-corrected chi connectivity index (χ3v) is 5.09. The molecule has 8 nitrogen and oxygen atoms in total. The summed E-state index contributed by atoms with van der Waals surface area (Å²) in [5.41, 5.74) is -0.101. The first-order valence-electron chi connectivity index (χ1n) is 6.93. The van der Waals surface area contributed by atoms with E-state index in [1.165, 1.54) is 0 Å². The van der Waals surface area contributed by atoms with Crippen LogP contribution in [-0.2, 0) is 14.8 Å². The largest absolute Gasteiger partial charge is 0.481 e. The SMILES string of the molecule is O=C(O)C[C@H](NS(=O)(=O)c1ccc(Cl)c([N+](=O)[O-])c1)c1ccccc1. The highest BCUT2D eigenvalue weighted by Crippen LogP contribution is 2.28. The molecule has 0 bridgehead atoms. The van der Waals surface area contributed by atoms with Gasteiger partial charge in [-0.2, -0.15) is 0 Å². The molecule has 2 aromatic rings. The van der Waals surface area contributed by atoms with Gasteiger partial charge in [-0.05, 0) is 17.7 Å². The highest BCUT2D eigenvalue weighted by atomic mass is 35.5. The zero-order valence-electron chi connectivity index (χ0n) is 12.6. The van der Waals surface area contributed by atoms with Gasteiger partial charge in [0, 0.05) is 6.07 Å².